The summed E-state index contributed by atoms with van der Waals surface area (Å²) < 4.78 is 86.2. The van der Waals surface area contributed by atoms with E-state index in [9.17, 15) is 22.0 Å². The first kappa shape index (κ1) is 14.3. The predicted molar refractivity (Wildman–Crippen MR) is 86.6 cm³/mol. The SMILES string of the molecule is [2H]C1(c2c(F)cccc2F)OC(N)=C(OS(=O)(=O)C([2H])([2H])c2ccccc2)C1=O. The molecule has 2 aromatic carbocycles. The summed E-state index contributed by atoms with van der Waals surface area (Å²) in [7, 11) is -5.19. The van der Waals surface area contributed by atoms with Crippen LogP contribution in [0.3, 0.4) is 0 Å². The fourth-order valence-electron chi connectivity index (χ4n) is 2.16. The van der Waals surface area contributed by atoms with Crippen LogP contribution in [0.1, 0.15) is 21.3 Å². The van der Waals surface area contributed by atoms with Gasteiger partial charge in [0, 0.05) is 0 Å². The summed E-state index contributed by atoms with van der Waals surface area (Å²) in [6.45, 7) is 0. The Kier molecular flexibility index (Phi) is 3.70. The molecule has 2 N–H and O–H groups in total. The Bertz CT molecular complexity index is 1100. The fourth-order valence-corrected chi connectivity index (χ4v) is 3.00. The maximum Gasteiger partial charge on any atom is 0.313 e. The van der Waals surface area contributed by atoms with Crippen LogP contribution in [0.2, 0.25) is 0 Å². The van der Waals surface area contributed by atoms with Crippen LogP contribution < -0.4 is 5.73 Å². The molecule has 1 unspecified atom stereocenters. The van der Waals surface area contributed by atoms with Crippen LogP contribution in [0.25, 0.3) is 0 Å². The first-order chi connectivity index (χ1) is 13.4. The molecule has 0 saturated carbocycles. The van der Waals surface area contributed by atoms with Gasteiger partial charge in [-0.15, -0.1) is 0 Å². The lowest BCUT2D eigenvalue weighted by Crippen LogP contribution is -2.17. The number of benzene rings is 2. The highest BCUT2D eigenvalue weighted by molar-refractivity contribution is 7.86. The molecule has 0 spiro atoms. The molecule has 2 aromatic rings. The molecule has 0 fully saturated rings. The Balaban J connectivity index is 1.99. The molecule has 3 rings (SSSR count). The minimum Gasteiger partial charge on any atom is -0.460 e. The molecule has 0 radical (unpaired) electrons. The maximum absolute atomic E-state index is 14.1. The average molecular weight is 384 g/mol. The van der Waals surface area contributed by atoms with Gasteiger partial charge in [-0.1, -0.05) is 36.4 Å². The molecule has 26 heavy (non-hydrogen) atoms. The van der Waals surface area contributed by atoms with Crippen LogP contribution in [0.4, 0.5) is 8.78 Å². The van der Waals surface area contributed by atoms with Crippen molar-refractivity contribution in [1.82, 2.24) is 0 Å². The molecule has 1 atom stereocenters. The van der Waals surface area contributed by atoms with Crippen LogP contribution in [-0.2, 0) is 29.5 Å². The first-order valence-corrected chi connectivity index (χ1v) is 8.50. The Labute approximate surface area is 152 Å². The molecule has 6 nitrogen and oxygen atoms in total. The van der Waals surface area contributed by atoms with Crippen molar-refractivity contribution in [3.05, 3.63) is 82.9 Å². The zero-order valence-electron chi connectivity index (χ0n) is 15.9. The van der Waals surface area contributed by atoms with Crippen LogP contribution in [0.15, 0.2) is 60.2 Å². The van der Waals surface area contributed by atoms with Gasteiger partial charge in [0.25, 0.3) is 0 Å². The minimum absolute atomic E-state index is 0.303. The number of hydrogen-bond acceptors (Lipinski definition) is 6. The summed E-state index contributed by atoms with van der Waals surface area (Å²) in [6.07, 6.45) is -3.08. The zero-order chi connectivity index (χ0) is 21.6. The van der Waals surface area contributed by atoms with Crippen molar-refractivity contribution in [2.45, 2.75) is 11.8 Å². The van der Waals surface area contributed by atoms with E-state index in [1.165, 1.54) is 30.3 Å². The molecule has 9 heteroatoms. The molecule has 0 saturated heterocycles. The van der Waals surface area contributed by atoms with Crippen molar-refractivity contribution in [3.8, 4) is 0 Å². The predicted octanol–water partition coefficient (Wildman–Crippen LogP) is 2.28. The highest BCUT2D eigenvalue weighted by atomic mass is 32.2. The average Bonchev–Trinajstić information content (AvgIpc) is 2.85. The Hall–Kier alpha value is -2.94. The van der Waals surface area contributed by atoms with E-state index in [-0.39, 0.29) is 5.56 Å². The monoisotopic (exact) mass is 384 g/mol. The minimum atomic E-state index is -5.19. The number of rotatable bonds is 5. The molecular weight excluding hydrogens is 368 g/mol. The number of ketones is 1. The van der Waals surface area contributed by atoms with E-state index in [2.05, 4.69) is 4.18 Å². The van der Waals surface area contributed by atoms with E-state index in [1.54, 1.807) is 0 Å². The topological polar surface area (TPSA) is 95.7 Å². The van der Waals surface area contributed by atoms with Crippen LogP contribution in [-0.4, -0.2) is 14.2 Å². The summed E-state index contributed by atoms with van der Waals surface area (Å²) >= 11 is 0. The van der Waals surface area contributed by atoms with E-state index in [0.717, 1.165) is 18.2 Å². The fraction of sp³-hybridized carbons (Fsp3) is 0.118. The van der Waals surface area contributed by atoms with Crippen LogP contribution in [0.5, 0.6) is 0 Å². The summed E-state index contributed by atoms with van der Waals surface area (Å²) in [5.41, 5.74) is 0.900. The third-order valence-electron chi connectivity index (χ3n) is 3.25. The standard InChI is InChI=1S/C17H13F2NO5S/c18-11-7-4-8-12(19)13(11)15-14(21)16(17(20)24-15)25-26(22,23)9-10-5-2-1-3-6-10/h1-8,15H,9,20H2/i9D2,15D. The van der Waals surface area contributed by atoms with Gasteiger partial charge in [0.1, 0.15) is 17.3 Å². The highest BCUT2D eigenvalue weighted by Crippen LogP contribution is 2.35. The summed E-state index contributed by atoms with van der Waals surface area (Å²) in [4.78, 5) is 12.6. The van der Waals surface area contributed by atoms with Gasteiger partial charge in [-0.3, -0.25) is 4.79 Å². The van der Waals surface area contributed by atoms with Gasteiger partial charge in [0.2, 0.25) is 17.4 Å². The van der Waals surface area contributed by atoms with Crippen molar-refractivity contribution < 1.29 is 35.0 Å². The molecule has 1 aliphatic rings. The third-order valence-corrected chi connectivity index (χ3v) is 4.12. The van der Waals surface area contributed by atoms with E-state index in [4.69, 9.17) is 14.6 Å². The van der Waals surface area contributed by atoms with E-state index in [0.29, 0.717) is 0 Å². The van der Waals surface area contributed by atoms with Gasteiger partial charge in [-0.25, -0.2) is 8.78 Å². The molecule has 0 aromatic heterocycles. The maximum atomic E-state index is 14.1. The van der Waals surface area contributed by atoms with E-state index < -0.39 is 56.5 Å². The molecule has 136 valence electrons. The zero-order valence-corrected chi connectivity index (χ0v) is 13.7. The Morgan fingerprint density at radius 3 is 2.38 bits per heavy atom. The Morgan fingerprint density at radius 2 is 1.77 bits per heavy atom. The van der Waals surface area contributed by atoms with Crippen molar-refractivity contribution in [2.24, 2.45) is 5.73 Å². The number of halogens is 2. The quantitative estimate of drug-likeness (QED) is 0.795. The second kappa shape index (κ2) is 6.75. The Morgan fingerprint density at radius 1 is 1.15 bits per heavy atom. The van der Waals surface area contributed by atoms with Gasteiger partial charge < -0.3 is 14.7 Å². The second-order valence-corrected chi connectivity index (χ2v) is 6.33. The van der Waals surface area contributed by atoms with Crippen LogP contribution in [0, 0.1) is 11.6 Å². The lowest BCUT2D eigenvalue weighted by atomic mass is 10.0. The first-order valence-electron chi connectivity index (χ1n) is 8.59. The van der Waals surface area contributed by atoms with Gasteiger partial charge in [0.05, 0.1) is 9.68 Å². The lowest BCUT2D eigenvalue weighted by Gasteiger charge is -2.11. The van der Waals surface area contributed by atoms with Gasteiger partial charge >= 0.3 is 10.1 Å². The number of Topliss-reactive ketones (excluding diaryl/α,β-unsaturated/α-hetero) is 1. The summed E-state index contributed by atoms with van der Waals surface area (Å²) in [5.74, 6) is -6.48. The lowest BCUT2D eigenvalue weighted by molar-refractivity contribution is -0.123. The summed E-state index contributed by atoms with van der Waals surface area (Å²) in [6, 6.07) is 9.18. The summed E-state index contributed by atoms with van der Waals surface area (Å²) in [5, 5.41) is 0. The smallest absolute Gasteiger partial charge is 0.313 e. The van der Waals surface area contributed by atoms with Crippen molar-refractivity contribution in [3.63, 3.8) is 0 Å². The van der Waals surface area contributed by atoms with E-state index >= 15 is 0 Å². The number of carbonyl (C=O) groups is 1. The molecule has 0 aliphatic carbocycles. The van der Waals surface area contributed by atoms with Crippen LogP contribution >= 0.6 is 0 Å². The third kappa shape index (κ3) is 3.52. The van der Waals surface area contributed by atoms with Gasteiger partial charge in [0.15, 0.2) is 6.08 Å². The van der Waals surface area contributed by atoms with Crippen molar-refractivity contribution in [2.75, 3.05) is 0 Å². The van der Waals surface area contributed by atoms with Crippen molar-refractivity contribution >= 4 is 15.9 Å². The van der Waals surface area contributed by atoms with Gasteiger partial charge in [-0.2, -0.15) is 8.42 Å². The number of ether oxygens (including phenoxy) is 1. The van der Waals surface area contributed by atoms with Gasteiger partial charge in [-0.05, 0) is 17.7 Å². The largest absolute Gasteiger partial charge is 0.460 e. The normalized spacial score (nSPS) is 22.4. The number of carbonyl (C=O) groups excluding carboxylic acids is 1. The van der Waals surface area contributed by atoms with E-state index in [1.807, 2.05) is 0 Å². The number of nitrogens with two attached hydrogens (primary N) is 1. The second-order valence-electron chi connectivity index (χ2n) is 5.06. The van der Waals surface area contributed by atoms with Crippen molar-refractivity contribution in [1.29, 1.82) is 0 Å². The molecular formula is C17H13F2NO5S. The number of hydrogen-bond donors (Lipinski definition) is 1. The molecule has 0 amide bonds. The molecule has 0 bridgehead atoms. The molecule has 1 aliphatic heterocycles. The molecule has 1 heterocycles. The highest BCUT2D eigenvalue weighted by Gasteiger charge is 2.42.